The smallest absolute Gasteiger partial charge is 0.226 e. The zero-order valence-electron chi connectivity index (χ0n) is 13.6. The summed E-state index contributed by atoms with van der Waals surface area (Å²) < 4.78 is 18.8. The molecule has 1 fully saturated rings. The number of halogens is 2. The first-order valence-electron chi connectivity index (χ1n) is 8.10. The van der Waals surface area contributed by atoms with Gasteiger partial charge in [0.2, 0.25) is 5.91 Å². The fourth-order valence-corrected chi connectivity index (χ4v) is 2.82. The maximum absolute atomic E-state index is 13.5. The number of rotatable bonds is 7. The van der Waals surface area contributed by atoms with Gasteiger partial charge < -0.3 is 15.0 Å². The lowest BCUT2D eigenvalue weighted by Crippen LogP contribution is -2.46. The lowest BCUT2D eigenvalue weighted by molar-refractivity contribution is -0.134. The van der Waals surface area contributed by atoms with Crippen LogP contribution in [0, 0.1) is 5.82 Å². The Labute approximate surface area is 143 Å². The number of benzene rings is 1. The van der Waals surface area contributed by atoms with Crippen LogP contribution >= 0.6 is 12.4 Å². The first-order valence-corrected chi connectivity index (χ1v) is 8.10. The number of para-hydroxylation sites is 1. The maximum atomic E-state index is 13.5. The molecule has 1 amide bonds. The van der Waals surface area contributed by atoms with Crippen LogP contribution in [0.4, 0.5) is 4.39 Å². The third-order valence-corrected chi connectivity index (χ3v) is 3.94. The second kappa shape index (κ2) is 10.4. The van der Waals surface area contributed by atoms with E-state index in [0.29, 0.717) is 6.04 Å². The van der Waals surface area contributed by atoms with Gasteiger partial charge in [-0.15, -0.1) is 12.4 Å². The Hall–Kier alpha value is -1.33. The molecule has 1 aliphatic rings. The van der Waals surface area contributed by atoms with Crippen LogP contribution in [0.3, 0.4) is 0 Å². The Morgan fingerprint density at radius 3 is 2.70 bits per heavy atom. The summed E-state index contributed by atoms with van der Waals surface area (Å²) in [5, 5.41) is 3.32. The average Bonchev–Trinajstić information content (AvgIpc) is 2.55. The Balaban J connectivity index is 0.00000264. The second-order valence-electron chi connectivity index (χ2n) is 5.60. The Morgan fingerprint density at radius 2 is 2.04 bits per heavy atom. The zero-order chi connectivity index (χ0) is 15.8. The largest absolute Gasteiger partial charge is 0.490 e. The van der Waals surface area contributed by atoms with E-state index in [1.165, 1.54) is 6.07 Å². The summed E-state index contributed by atoms with van der Waals surface area (Å²) in [7, 11) is 0. The highest BCUT2D eigenvalue weighted by molar-refractivity contribution is 5.85. The van der Waals surface area contributed by atoms with Crippen LogP contribution in [0.15, 0.2) is 24.3 Å². The fourth-order valence-electron chi connectivity index (χ4n) is 2.82. The van der Waals surface area contributed by atoms with Crippen molar-refractivity contribution in [1.29, 1.82) is 0 Å². The van der Waals surface area contributed by atoms with E-state index in [1.54, 1.807) is 18.2 Å². The number of piperidine rings is 1. The van der Waals surface area contributed by atoms with Gasteiger partial charge in [0, 0.05) is 12.6 Å². The van der Waals surface area contributed by atoms with Crippen LogP contribution in [0.25, 0.3) is 0 Å². The van der Waals surface area contributed by atoms with Gasteiger partial charge in [-0.05, 0) is 44.5 Å². The quantitative estimate of drug-likeness (QED) is 0.826. The molecule has 1 aromatic carbocycles. The molecule has 1 heterocycles. The molecule has 23 heavy (non-hydrogen) atoms. The highest BCUT2D eigenvalue weighted by Gasteiger charge is 2.24. The van der Waals surface area contributed by atoms with Crippen LogP contribution in [-0.2, 0) is 4.79 Å². The molecule has 2 rings (SSSR count). The number of hydrogen-bond acceptors (Lipinski definition) is 3. The van der Waals surface area contributed by atoms with Gasteiger partial charge in [-0.3, -0.25) is 4.79 Å². The summed E-state index contributed by atoms with van der Waals surface area (Å²) in [4.78, 5) is 14.4. The van der Waals surface area contributed by atoms with Crippen molar-refractivity contribution in [1.82, 2.24) is 10.2 Å². The van der Waals surface area contributed by atoms with Crippen molar-refractivity contribution in [3.05, 3.63) is 30.1 Å². The molecule has 6 heteroatoms. The molecule has 4 nitrogen and oxygen atoms in total. The Kier molecular flexibility index (Phi) is 8.95. The highest BCUT2D eigenvalue weighted by atomic mass is 35.5. The lowest BCUT2D eigenvalue weighted by Gasteiger charge is -2.34. The van der Waals surface area contributed by atoms with Gasteiger partial charge in [-0.25, -0.2) is 4.39 Å². The standard InChI is InChI=1S/C17H25FN2O2.ClH/c1-2-12-20(14-7-10-19-11-8-14)17(21)9-13-22-16-6-4-3-5-15(16)18;/h3-6,14,19H,2,7-13H2,1H3;1H. The van der Waals surface area contributed by atoms with E-state index in [2.05, 4.69) is 12.2 Å². The van der Waals surface area contributed by atoms with Gasteiger partial charge in [0.15, 0.2) is 11.6 Å². The van der Waals surface area contributed by atoms with Crippen molar-refractivity contribution in [2.75, 3.05) is 26.2 Å². The number of carbonyl (C=O) groups excluding carboxylic acids is 1. The van der Waals surface area contributed by atoms with Gasteiger partial charge in [-0.2, -0.15) is 0 Å². The van der Waals surface area contributed by atoms with Gasteiger partial charge in [0.1, 0.15) is 0 Å². The third kappa shape index (κ3) is 5.99. The molecule has 1 aliphatic heterocycles. The molecular formula is C17H26ClFN2O2. The summed E-state index contributed by atoms with van der Waals surface area (Å²) in [6.45, 7) is 5.00. The molecule has 1 saturated heterocycles. The molecule has 0 atom stereocenters. The third-order valence-electron chi connectivity index (χ3n) is 3.94. The van der Waals surface area contributed by atoms with Crippen molar-refractivity contribution in [2.24, 2.45) is 0 Å². The number of hydrogen-bond donors (Lipinski definition) is 1. The number of amides is 1. The summed E-state index contributed by atoms with van der Waals surface area (Å²) in [6, 6.07) is 6.60. The second-order valence-corrected chi connectivity index (χ2v) is 5.60. The number of nitrogens with one attached hydrogen (secondary N) is 1. The first kappa shape index (κ1) is 19.7. The molecule has 0 unspecified atom stereocenters. The highest BCUT2D eigenvalue weighted by Crippen LogP contribution is 2.17. The molecule has 0 spiro atoms. The first-order chi connectivity index (χ1) is 10.7. The molecule has 0 aromatic heterocycles. The topological polar surface area (TPSA) is 41.6 Å². The summed E-state index contributed by atoms with van der Waals surface area (Å²) in [5.41, 5.74) is 0. The SMILES string of the molecule is CCCN(C(=O)CCOc1ccccc1F)C1CCNCC1.Cl. The van der Waals surface area contributed by atoms with Crippen LogP contribution in [0.5, 0.6) is 5.75 Å². The van der Waals surface area contributed by atoms with E-state index in [9.17, 15) is 9.18 Å². The van der Waals surface area contributed by atoms with Crippen molar-refractivity contribution in [3.63, 3.8) is 0 Å². The monoisotopic (exact) mass is 344 g/mol. The summed E-state index contributed by atoms with van der Waals surface area (Å²) in [5.74, 6) is -0.0805. The van der Waals surface area contributed by atoms with E-state index in [4.69, 9.17) is 4.74 Å². The molecule has 0 radical (unpaired) electrons. The predicted octanol–water partition coefficient (Wildman–Crippen LogP) is 3.01. The van der Waals surface area contributed by atoms with E-state index < -0.39 is 5.82 Å². The minimum atomic E-state index is -0.390. The molecule has 1 aromatic rings. The molecule has 130 valence electrons. The molecule has 0 aliphatic carbocycles. The minimum Gasteiger partial charge on any atom is -0.490 e. The fraction of sp³-hybridized carbons (Fsp3) is 0.588. The number of nitrogens with zero attached hydrogens (tertiary/aromatic N) is 1. The van der Waals surface area contributed by atoms with Crippen LogP contribution < -0.4 is 10.1 Å². The van der Waals surface area contributed by atoms with Crippen LogP contribution in [-0.4, -0.2) is 43.1 Å². The van der Waals surface area contributed by atoms with Gasteiger partial charge in [0.05, 0.1) is 13.0 Å². The van der Waals surface area contributed by atoms with E-state index in [0.717, 1.165) is 38.9 Å². The van der Waals surface area contributed by atoms with E-state index >= 15 is 0 Å². The molecular weight excluding hydrogens is 319 g/mol. The minimum absolute atomic E-state index is 0. The maximum Gasteiger partial charge on any atom is 0.226 e. The Bertz CT molecular complexity index is 481. The molecule has 0 bridgehead atoms. The summed E-state index contributed by atoms with van der Waals surface area (Å²) in [6.07, 6.45) is 3.24. The zero-order valence-corrected chi connectivity index (χ0v) is 14.4. The predicted molar refractivity (Wildman–Crippen MR) is 91.7 cm³/mol. The van der Waals surface area contributed by atoms with Gasteiger partial charge >= 0.3 is 0 Å². The molecule has 1 N–H and O–H groups in total. The van der Waals surface area contributed by atoms with Crippen LogP contribution in [0.2, 0.25) is 0 Å². The molecule has 0 saturated carbocycles. The number of ether oxygens (including phenoxy) is 1. The Morgan fingerprint density at radius 1 is 1.35 bits per heavy atom. The normalized spacial score (nSPS) is 14.9. The van der Waals surface area contributed by atoms with Crippen LogP contribution in [0.1, 0.15) is 32.6 Å². The lowest BCUT2D eigenvalue weighted by atomic mass is 10.0. The van der Waals surface area contributed by atoms with E-state index in [1.807, 2.05) is 4.90 Å². The van der Waals surface area contributed by atoms with Gasteiger partial charge in [0.25, 0.3) is 0 Å². The number of carbonyl (C=O) groups is 1. The van der Waals surface area contributed by atoms with Crippen molar-refractivity contribution in [3.8, 4) is 5.75 Å². The van der Waals surface area contributed by atoms with Crippen molar-refractivity contribution >= 4 is 18.3 Å². The van der Waals surface area contributed by atoms with Crippen molar-refractivity contribution < 1.29 is 13.9 Å². The van der Waals surface area contributed by atoms with Crippen molar-refractivity contribution in [2.45, 2.75) is 38.6 Å². The summed E-state index contributed by atoms with van der Waals surface area (Å²) >= 11 is 0. The average molecular weight is 345 g/mol. The van der Waals surface area contributed by atoms with Gasteiger partial charge in [-0.1, -0.05) is 19.1 Å². The van der Waals surface area contributed by atoms with E-state index in [-0.39, 0.29) is 37.1 Å².